The van der Waals surface area contributed by atoms with Gasteiger partial charge in [-0.15, -0.1) is 0 Å². The number of esters is 1. The highest BCUT2D eigenvalue weighted by atomic mass is 16.6. The molecule has 0 aliphatic carbocycles. The maximum Gasteiger partial charge on any atom is 0.303 e. The SMILES string of the molecule is COc1ccc([N+](=O)[O-])c2c1OCC(OC(C)=O)C2. The zero-order valence-electron chi connectivity index (χ0n) is 10.5. The van der Waals surface area contributed by atoms with Crippen LogP contribution >= 0.6 is 0 Å². The van der Waals surface area contributed by atoms with Crippen molar-refractivity contribution in [2.45, 2.75) is 19.4 Å². The van der Waals surface area contributed by atoms with Crippen molar-refractivity contribution in [2.24, 2.45) is 0 Å². The van der Waals surface area contributed by atoms with Gasteiger partial charge in [-0.3, -0.25) is 14.9 Å². The third kappa shape index (κ3) is 2.59. The lowest BCUT2D eigenvalue weighted by molar-refractivity contribution is -0.385. The minimum Gasteiger partial charge on any atom is -0.493 e. The van der Waals surface area contributed by atoms with E-state index in [0.29, 0.717) is 17.1 Å². The number of ether oxygens (including phenoxy) is 3. The van der Waals surface area contributed by atoms with Gasteiger partial charge >= 0.3 is 5.97 Å². The molecule has 1 heterocycles. The maximum absolute atomic E-state index is 11.0. The normalized spacial score (nSPS) is 17.1. The van der Waals surface area contributed by atoms with Gasteiger partial charge in [0.2, 0.25) is 0 Å². The summed E-state index contributed by atoms with van der Waals surface area (Å²) >= 11 is 0. The second-order valence-corrected chi connectivity index (χ2v) is 4.10. The molecule has 0 spiro atoms. The first-order chi connectivity index (χ1) is 9.02. The number of hydrogen-bond donors (Lipinski definition) is 0. The molecule has 7 nitrogen and oxygen atoms in total. The van der Waals surface area contributed by atoms with Crippen LogP contribution in [0.3, 0.4) is 0 Å². The van der Waals surface area contributed by atoms with E-state index in [9.17, 15) is 14.9 Å². The van der Waals surface area contributed by atoms with Crippen molar-refractivity contribution in [3.05, 3.63) is 27.8 Å². The summed E-state index contributed by atoms with van der Waals surface area (Å²) in [4.78, 5) is 21.4. The molecule has 0 amide bonds. The number of nitrogens with zero attached hydrogens (tertiary/aromatic N) is 1. The number of nitro groups is 1. The fraction of sp³-hybridized carbons (Fsp3) is 0.417. The molecule has 0 saturated heterocycles. The zero-order valence-corrected chi connectivity index (χ0v) is 10.5. The van der Waals surface area contributed by atoms with E-state index in [1.165, 1.54) is 26.2 Å². The predicted molar refractivity (Wildman–Crippen MR) is 64.4 cm³/mol. The summed E-state index contributed by atoms with van der Waals surface area (Å²) in [6.45, 7) is 1.44. The highest BCUT2D eigenvalue weighted by molar-refractivity contribution is 5.66. The van der Waals surface area contributed by atoms with Crippen LogP contribution in [0.5, 0.6) is 11.5 Å². The Morgan fingerprint density at radius 2 is 2.26 bits per heavy atom. The molecule has 0 aromatic heterocycles. The quantitative estimate of drug-likeness (QED) is 0.468. The zero-order chi connectivity index (χ0) is 14.0. The van der Waals surface area contributed by atoms with E-state index in [0.717, 1.165) is 0 Å². The molecule has 1 aromatic rings. The van der Waals surface area contributed by atoms with Crippen LogP contribution in [0.4, 0.5) is 5.69 Å². The lowest BCUT2D eigenvalue weighted by Gasteiger charge is -2.25. The molecule has 1 aromatic carbocycles. The Labute approximate surface area is 109 Å². The summed E-state index contributed by atoms with van der Waals surface area (Å²) < 4.78 is 15.6. The molecule has 1 aliphatic heterocycles. The molecule has 0 fully saturated rings. The number of carbonyl (C=O) groups is 1. The minimum atomic E-state index is -0.518. The van der Waals surface area contributed by atoms with Crippen molar-refractivity contribution in [1.82, 2.24) is 0 Å². The van der Waals surface area contributed by atoms with Gasteiger partial charge in [0, 0.05) is 19.4 Å². The minimum absolute atomic E-state index is 0.0624. The first kappa shape index (κ1) is 13.1. The fourth-order valence-electron chi connectivity index (χ4n) is 2.06. The van der Waals surface area contributed by atoms with E-state index in [1.807, 2.05) is 0 Å². The molecule has 0 saturated carbocycles. The van der Waals surface area contributed by atoms with Gasteiger partial charge in [0.1, 0.15) is 12.7 Å². The average Bonchev–Trinajstić information content (AvgIpc) is 2.36. The second kappa shape index (κ2) is 5.13. The summed E-state index contributed by atoms with van der Waals surface area (Å²) in [5.74, 6) is 0.338. The van der Waals surface area contributed by atoms with Crippen LogP contribution in [0, 0.1) is 10.1 Å². The molecule has 2 rings (SSSR count). The van der Waals surface area contributed by atoms with Crippen molar-refractivity contribution in [3.63, 3.8) is 0 Å². The number of carbonyl (C=O) groups excluding carboxylic acids is 1. The van der Waals surface area contributed by atoms with E-state index in [-0.39, 0.29) is 18.7 Å². The van der Waals surface area contributed by atoms with Crippen molar-refractivity contribution >= 4 is 11.7 Å². The van der Waals surface area contributed by atoms with Crippen molar-refractivity contribution in [2.75, 3.05) is 13.7 Å². The van der Waals surface area contributed by atoms with Gasteiger partial charge in [-0.25, -0.2) is 0 Å². The van der Waals surface area contributed by atoms with Gasteiger partial charge in [0.25, 0.3) is 5.69 Å². The van der Waals surface area contributed by atoms with Crippen LogP contribution in [-0.2, 0) is 16.0 Å². The predicted octanol–water partition coefficient (Wildman–Crippen LogP) is 1.47. The van der Waals surface area contributed by atoms with Gasteiger partial charge in [-0.2, -0.15) is 0 Å². The Morgan fingerprint density at radius 3 is 2.84 bits per heavy atom. The van der Waals surface area contributed by atoms with E-state index < -0.39 is 17.0 Å². The maximum atomic E-state index is 11.0. The summed E-state index contributed by atoms with van der Waals surface area (Å²) in [6, 6.07) is 2.85. The number of nitro benzene ring substituents is 1. The number of fused-ring (bicyclic) bond motifs is 1. The Morgan fingerprint density at radius 1 is 1.53 bits per heavy atom. The van der Waals surface area contributed by atoms with E-state index in [1.54, 1.807) is 0 Å². The van der Waals surface area contributed by atoms with Gasteiger partial charge < -0.3 is 14.2 Å². The van der Waals surface area contributed by atoms with Crippen molar-refractivity contribution in [3.8, 4) is 11.5 Å². The molecule has 0 radical (unpaired) electrons. The Balaban J connectivity index is 2.39. The third-order valence-electron chi connectivity index (χ3n) is 2.79. The standard InChI is InChI=1S/C12H13NO6/c1-7(14)19-8-5-9-10(13(15)16)3-4-11(17-2)12(9)18-6-8/h3-4,8H,5-6H2,1-2H3. The molecule has 1 atom stereocenters. The molecular formula is C12H13NO6. The van der Waals surface area contributed by atoms with Crippen LogP contribution < -0.4 is 9.47 Å². The number of benzene rings is 1. The monoisotopic (exact) mass is 267 g/mol. The highest BCUT2D eigenvalue weighted by Gasteiger charge is 2.31. The summed E-state index contributed by atoms with van der Waals surface area (Å²) in [7, 11) is 1.46. The van der Waals surface area contributed by atoms with E-state index in [4.69, 9.17) is 14.2 Å². The summed E-state index contributed by atoms with van der Waals surface area (Å²) in [5.41, 5.74) is 0.328. The van der Waals surface area contributed by atoms with Crippen molar-refractivity contribution in [1.29, 1.82) is 0 Å². The van der Waals surface area contributed by atoms with Crippen LogP contribution in [0.25, 0.3) is 0 Å². The summed E-state index contributed by atoms with van der Waals surface area (Å²) in [5, 5.41) is 11.0. The topological polar surface area (TPSA) is 87.9 Å². The average molecular weight is 267 g/mol. The van der Waals surface area contributed by atoms with Gasteiger partial charge in [-0.1, -0.05) is 0 Å². The largest absolute Gasteiger partial charge is 0.493 e. The van der Waals surface area contributed by atoms with Gasteiger partial charge in [-0.05, 0) is 6.07 Å². The highest BCUT2D eigenvalue weighted by Crippen LogP contribution is 2.40. The first-order valence-corrected chi connectivity index (χ1v) is 5.67. The Hall–Kier alpha value is -2.31. The lowest BCUT2D eigenvalue weighted by Crippen LogP contribution is -2.31. The van der Waals surface area contributed by atoms with Gasteiger partial charge in [0.05, 0.1) is 17.6 Å². The van der Waals surface area contributed by atoms with Crippen LogP contribution in [0.15, 0.2) is 12.1 Å². The molecule has 102 valence electrons. The molecule has 1 aliphatic rings. The van der Waals surface area contributed by atoms with Crippen LogP contribution in [0.2, 0.25) is 0 Å². The third-order valence-corrected chi connectivity index (χ3v) is 2.79. The Bertz CT molecular complexity index is 527. The fourth-order valence-corrected chi connectivity index (χ4v) is 2.06. The summed E-state index contributed by atoms with van der Waals surface area (Å²) in [6.07, 6.45) is -0.279. The number of hydrogen-bond acceptors (Lipinski definition) is 6. The van der Waals surface area contributed by atoms with E-state index in [2.05, 4.69) is 0 Å². The molecule has 7 heteroatoms. The molecular weight excluding hydrogens is 254 g/mol. The molecule has 19 heavy (non-hydrogen) atoms. The van der Waals surface area contributed by atoms with Crippen molar-refractivity contribution < 1.29 is 23.9 Å². The second-order valence-electron chi connectivity index (χ2n) is 4.10. The molecule has 1 unspecified atom stereocenters. The van der Waals surface area contributed by atoms with Crippen LogP contribution in [-0.4, -0.2) is 30.7 Å². The smallest absolute Gasteiger partial charge is 0.303 e. The number of methoxy groups -OCH3 is 1. The lowest BCUT2D eigenvalue weighted by atomic mass is 10.0. The number of rotatable bonds is 3. The first-order valence-electron chi connectivity index (χ1n) is 5.67. The Kier molecular flexibility index (Phi) is 3.55. The molecule has 0 N–H and O–H groups in total. The molecule has 0 bridgehead atoms. The van der Waals surface area contributed by atoms with Crippen LogP contribution in [0.1, 0.15) is 12.5 Å². The van der Waals surface area contributed by atoms with Gasteiger partial charge in [0.15, 0.2) is 11.5 Å². The van der Waals surface area contributed by atoms with E-state index >= 15 is 0 Å².